The molecule has 1 heterocycles. The zero-order chi connectivity index (χ0) is 11.3. The molecule has 0 aromatic carbocycles. The van der Waals surface area contributed by atoms with E-state index in [1.54, 1.807) is 6.92 Å². The second-order valence-electron chi connectivity index (χ2n) is 3.36. The number of hydrogen-bond donors (Lipinski definition) is 0. The maximum Gasteiger partial charge on any atom is 0.309 e. The molecule has 5 heteroatoms. The summed E-state index contributed by atoms with van der Waals surface area (Å²) in [6.45, 7) is 5.71. The lowest BCUT2D eigenvalue weighted by Gasteiger charge is -2.09. The SMILES string of the molecule is CCC(CC)C(=O)OCc1nc(C)no1. The summed E-state index contributed by atoms with van der Waals surface area (Å²) in [6, 6.07) is 0. The van der Waals surface area contributed by atoms with Crippen LogP contribution in [0.1, 0.15) is 38.4 Å². The van der Waals surface area contributed by atoms with E-state index < -0.39 is 0 Å². The zero-order valence-electron chi connectivity index (χ0n) is 9.32. The smallest absolute Gasteiger partial charge is 0.309 e. The van der Waals surface area contributed by atoms with Crippen LogP contribution in [0.3, 0.4) is 0 Å². The second-order valence-corrected chi connectivity index (χ2v) is 3.36. The van der Waals surface area contributed by atoms with E-state index in [1.807, 2.05) is 13.8 Å². The van der Waals surface area contributed by atoms with E-state index in [9.17, 15) is 4.79 Å². The maximum absolute atomic E-state index is 11.5. The minimum absolute atomic E-state index is 0.0333. The van der Waals surface area contributed by atoms with Crippen molar-refractivity contribution in [3.05, 3.63) is 11.7 Å². The van der Waals surface area contributed by atoms with Crippen LogP contribution < -0.4 is 0 Å². The van der Waals surface area contributed by atoms with E-state index in [-0.39, 0.29) is 18.5 Å². The van der Waals surface area contributed by atoms with E-state index in [0.717, 1.165) is 12.8 Å². The normalized spacial score (nSPS) is 10.7. The van der Waals surface area contributed by atoms with Gasteiger partial charge in [-0.2, -0.15) is 4.98 Å². The van der Waals surface area contributed by atoms with Gasteiger partial charge in [-0.25, -0.2) is 0 Å². The van der Waals surface area contributed by atoms with Crippen molar-refractivity contribution in [1.82, 2.24) is 10.1 Å². The lowest BCUT2D eigenvalue weighted by molar-refractivity contribution is -0.150. The number of hydrogen-bond acceptors (Lipinski definition) is 5. The highest BCUT2D eigenvalue weighted by molar-refractivity contribution is 5.72. The summed E-state index contributed by atoms with van der Waals surface area (Å²) in [5.41, 5.74) is 0. The van der Waals surface area contributed by atoms with E-state index in [0.29, 0.717) is 11.7 Å². The summed E-state index contributed by atoms with van der Waals surface area (Å²) in [6.07, 6.45) is 1.58. The van der Waals surface area contributed by atoms with Crippen molar-refractivity contribution >= 4 is 5.97 Å². The highest BCUT2D eigenvalue weighted by Crippen LogP contribution is 2.10. The summed E-state index contributed by atoms with van der Waals surface area (Å²) >= 11 is 0. The first-order valence-corrected chi connectivity index (χ1v) is 5.13. The van der Waals surface area contributed by atoms with Gasteiger partial charge < -0.3 is 9.26 Å². The summed E-state index contributed by atoms with van der Waals surface area (Å²) in [4.78, 5) is 15.4. The highest BCUT2D eigenvalue weighted by Gasteiger charge is 2.16. The first-order valence-electron chi connectivity index (χ1n) is 5.13. The average molecular weight is 212 g/mol. The van der Waals surface area contributed by atoms with Gasteiger partial charge in [-0.15, -0.1) is 0 Å². The molecule has 0 radical (unpaired) electrons. The maximum atomic E-state index is 11.5. The summed E-state index contributed by atoms with van der Waals surface area (Å²) in [7, 11) is 0. The lowest BCUT2D eigenvalue weighted by atomic mass is 10.0. The molecule has 0 saturated carbocycles. The molecule has 5 nitrogen and oxygen atoms in total. The molecule has 0 atom stereocenters. The van der Waals surface area contributed by atoms with Crippen molar-refractivity contribution in [2.45, 2.75) is 40.2 Å². The number of rotatable bonds is 5. The van der Waals surface area contributed by atoms with E-state index >= 15 is 0 Å². The van der Waals surface area contributed by atoms with Gasteiger partial charge in [-0.05, 0) is 19.8 Å². The molecule has 0 bridgehead atoms. The first-order chi connectivity index (χ1) is 7.17. The van der Waals surface area contributed by atoms with Crippen molar-refractivity contribution in [1.29, 1.82) is 0 Å². The predicted octanol–water partition coefficient (Wildman–Crippen LogP) is 1.86. The minimum Gasteiger partial charge on any atom is -0.455 e. The monoisotopic (exact) mass is 212 g/mol. The standard InChI is InChI=1S/C10H16N2O3/c1-4-8(5-2)10(13)14-6-9-11-7(3)12-15-9/h8H,4-6H2,1-3H3. The molecule has 0 aliphatic rings. The van der Waals surface area contributed by atoms with E-state index in [4.69, 9.17) is 9.26 Å². The molecule has 0 amide bonds. The third-order valence-corrected chi connectivity index (χ3v) is 2.23. The Bertz CT molecular complexity index is 318. The largest absolute Gasteiger partial charge is 0.455 e. The third-order valence-electron chi connectivity index (χ3n) is 2.23. The molecule has 84 valence electrons. The fourth-order valence-electron chi connectivity index (χ4n) is 1.27. The molecule has 0 saturated heterocycles. The minimum atomic E-state index is -0.198. The Morgan fingerprint density at radius 3 is 2.60 bits per heavy atom. The quantitative estimate of drug-likeness (QED) is 0.697. The van der Waals surface area contributed by atoms with Crippen molar-refractivity contribution in [3.63, 3.8) is 0 Å². The summed E-state index contributed by atoms with van der Waals surface area (Å²) < 4.78 is 9.87. The fraction of sp³-hybridized carbons (Fsp3) is 0.700. The van der Waals surface area contributed by atoms with Gasteiger partial charge in [0.2, 0.25) is 0 Å². The Labute approximate surface area is 88.8 Å². The van der Waals surface area contributed by atoms with Crippen molar-refractivity contribution in [3.8, 4) is 0 Å². The number of carbonyl (C=O) groups is 1. The molecule has 1 aromatic heterocycles. The second kappa shape index (κ2) is 5.48. The lowest BCUT2D eigenvalue weighted by Crippen LogP contribution is -2.16. The molecule has 0 N–H and O–H groups in total. The van der Waals surface area contributed by atoms with Gasteiger partial charge in [-0.3, -0.25) is 4.79 Å². The Balaban J connectivity index is 2.40. The van der Waals surface area contributed by atoms with Crippen LogP contribution in [-0.2, 0) is 16.1 Å². The van der Waals surface area contributed by atoms with Gasteiger partial charge >= 0.3 is 5.97 Å². The molecular formula is C10H16N2O3. The van der Waals surface area contributed by atoms with Crippen LogP contribution in [0.15, 0.2) is 4.52 Å². The first kappa shape index (κ1) is 11.7. The topological polar surface area (TPSA) is 65.2 Å². The Kier molecular flexibility index (Phi) is 4.27. The van der Waals surface area contributed by atoms with Gasteiger partial charge in [0.05, 0.1) is 5.92 Å². The number of ether oxygens (including phenoxy) is 1. The van der Waals surface area contributed by atoms with Crippen molar-refractivity contribution in [2.24, 2.45) is 5.92 Å². The van der Waals surface area contributed by atoms with Crippen molar-refractivity contribution in [2.75, 3.05) is 0 Å². The van der Waals surface area contributed by atoms with Gasteiger partial charge in [-0.1, -0.05) is 19.0 Å². The molecule has 15 heavy (non-hydrogen) atoms. The van der Waals surface area contributed by atoms with E-state index in [2.05, 4.69) is 10.1 Å². The highest BCUT2D eigenvalue weighted by atomic mass is 16.6. The Morgan fingerprint density at radius 1 is 1.47 bits per heavy atom. The predicted molar refractivity (Wildman–Crippen MR) is 52.9 cm³/mol. The number of esters is 1. The van der Waals surface area contributed by atoms with E-state index in [1.165, 1.54) is 0 Å². The molecule has 0 unspecified atom stereocenters. The third kappa shape index (κ3) is 3.34. The van der Waals surface area contributed by atoms with Crippen LogP contribution >= 0.6 is 0 Å². The van der Waals surface area contributed by atoms with Crippen LogP contribution in [-0.4, -0.2) is 16.1 Å². The van der Waals surface area contributed by atoms with Crippen LogP contribution in [0.5, 0.6) is 0 Å². The molecular weight excluding hydrogens is 196 g/mol. The zero-order valence-corrected chi connectivity index (χ0v) is 9.32. The fourth-order valence-corrected chi connectivity index (χ4v) is 1.27. The number of carbonyl (C=O) groups excluding carboxylic acids is 1. The molecule has 0 aliphatic carbocycles. The number of nitrogens with zero attached hydrogens (tertiary/aromatic N) is 2. The molecule has 0 spiro atoms. The van der Waals surface area contributed by atoms with Gasteiger partial charge in [0, 0.05) is 0 Å². The molecule has 0 fully saturated rings. The van der Waals surface area contributed by atoms with Crippen LogP contribution in [0.25, 0.3) is 0 Å². The Morgan fingerprint density at radius 2 is 2.13 bits per heavy atom. The van der Waals surface area contributed by atoms with Gasteiger partial charge in [0.25, 0.3) is 5.89 Å². The van der Waals surface area contributed by atoms with Crippen LogP contribution in [0, 0.1) is 12.8 Å². The van der Waals surface area contributed by atoms with Crippen LogP contribution in [0.2, 0.25) is 0 Å². The van der Waals surface area contributed by atoms with Crippen LogP contribution in [0.4, 0.5) is 0 Å². The summed E-state index contributed by atoms with van der Waals surface area (Å²) in [5.74, 6) is 0.653. The van der Waals surface area contributed by atoms with Gasteiger partial charge in [0.1, 0.15) is 0 Å². The van der Waals surface area contributed by atoms with Crippen molar-refractivity contribution < 1.29 is 14.1 Å². The average Bonchev–Trinajstić information content (AvgIpc) is 2.63. The molecule has 0 aliphatic heterocycles. The molecule has 1 aromatic rings. The molecule has 1 rings (SSSR count). The Hall–Kier alpha value is -1.39. The summed E-state index contributed by atoms with van der Waals surface area (Å²) in [5, 5.41) is 3.60. The number of aromatic nitrogens is 2. The van der Waals surface area contributed by atoms with Gasteiger partial charge in [0.15, 0.2) is 12.4 Å². The number of aryl methyl sites for hydroxylation is 1.